The number of hydrogen-bond acceptors (Lipinski definition) is 6. The van der Waals surface area contributed by atoms with Gasteiger partial charge in [0.05, 0.1) is 6.61 Å². The van der Waals surface area contributed by atoms with Crippen LogP contribution in [0.4, 0.5) is 11.6 Å². The second-order valence-corrected chi connectivity index (χ2v) is 3.56. The van der Waals surface area contributed by atoms with Crippen LogP contribution in [0.5, 0.6) is 0 Å². The minimum atomic E-state index is 0.0923. The molecule has 6 heteroatoms. The van der Waals surface area contributed by atoms with Crippen molar-refractivity contribution in [3.63, 3.8) is 0 Å². The van der Waals surface area contributed by atoms with Crippen LogP contribution in [-0.2, 0) is 0 Å². The van der Waals surface area contributed by atoms with E-state index in [-0.39, 0.29) is 6.61 Å². The lowest BCUT2D eigenvalue weighted by molar-refractivity contribution is 0.303. The molecule has 0 radical (unpaired) electrons. The van der Waals surface area contributed by atoms with Gasteiger partial charge in [0.25, 0.3) is 0 Å². The highest BCUT2D eigenvalue weighted by atomic mass is 32.2. The first-order chi connectivity index (χ1) is 6.67. The van der Waals surface area contributed by atoms with E-state index in [0.29, 0.717) is 17.5 Å². The summed E-state index contributed by atoms with van der Waals surface area (Å²) < 4.78 is 0. The Hall–Kier alpha value is -1.01. The summed E-state index contributed by atoms with van der Waals surface area (Å²) in [7, 11) is 1.85. The number of hydrogen-bond donors (Lipinski definition) is 2. The molecule has 1 rings (SSSR count). The van der Waals surface area contributed by atoms with Gasteiger partial charge >= 0.3 is 0 Å². The van der Waals surface area contributed by atoms with Gasteiger partial charge in [-0.25, -0.2) is 9.97 Å². The molecule has 0 saturated carbocycles. The molecule has 0 amide bonds. The Morgan fingerprint density at radius 2 is 2.29 bits per heavy atom. The van der Waals surface area contributed by atoms with Crippen molar-refractivity contribution in [1.29, 1.82) is 0 Å². The summed E-state index contributed by atoms with van der Waals surface area (Å²) >= 11 is 1.44. The SMILES string of the molecule is CSc1nc(N)cc(N(C)CCO)n1. The minimum absolute atomic E-state index is 0.0923. The number of nitrogen functional groups attached to an aromatic ring is 1. The van der Waals surface area contributed by atoms with Gasteiger partial charge in [0.1, 0.15) is 11.6 Å². The van der Waals surface area contributed by atoms with Crippen LogP contribution in [0.2, 0.25) is 0 Å². The third-order valence-electron chi connectivity index (χ3n) is 1.72. The fraction of sp³-hybridized carbons (Fsp3) is 0.500. The Morgan fingerprint density at radius 3 is 2.86 bits per heavy atom. The van der Waals surface area contributed by atoms with E-state index in [0.717, 1.165) is 5.82 Å². The number of aliphatic hydroxyl groups is 1. The molecule has 0 aromatic carbocycles. The summed E-state index contributed by atoms with van der Waals surface area (Å²) in [6.07, 6.45) is 1.89. The largest absolute Gasteiger partial charge is 0.395 e. The molecule has 1 heterocycles. The Balaban J connectivity index is 2.90. The highest BCUT2D eigenvalue weighted by molar-refractivity contribution is 7.98. The molecular formula is C8H14N4OS. The van der Waals surface area contributed by atoms with Crippen LogP contribution in [-0.4, -0.2) is 41.5 Å². The van der Waals surface area contributed by atoms with Crippen molar-refractivity contribution in [3.05, 3.63) is 6.07 Å². The molecule has 0 fully saturated rings. The molecule has 0 aliphatic carbocycles. The van der Waals surface area contributed by atoms with Crippen LogP contribution >= 0.6 is 11.8 Å². The molecule has 5 nitrogen and oxygen atoms in total. The van der Waals surface area contributed by atoms with E-state index in [4.69, 9.17) is 10.8 Å². The molecule has 3 N–H and O–H groups in total. The number of thioether (sulfide) groups is 1. The fourth-order valence-electron chi connectivity index (χ4n) is 0.982. The van der Waals surface area contributed by atoms with Gasteiger partial charge < -0.3 is 15.7 Å². The molecule has 0 unspecified atom stereocenters. The Morgan fingerprint density at radius 1 is 1.57 bits per heavy atom. The van der Waals surface area contributed by atoms with E-state index in [1.54, 1.807) is 6.07 Å². The van der Waals surface area contributed by atoms with Gasteiger partial charge in [-0.1, -0.05) is 11.8 Å². The van der Waals surface area contributed by atoms with Gasteiger partial charge in [0, 0.05) is 19.7 Å². The van der Waals surface area contributed by atoms with Gasteiger partial charge in [-0.15, -0.1) is 0 Å². The quantitative estimate of drug-likeness (QED) is 0.551. The van der Waals surface area contributed by atoms with E-state index >= 15 is 0 Å². The minimum Gasteiger partial charge on any atom is -0.395 e. The third-order valence-corrected chi connectivity index (χ3v) is 2.27. The smallest absolute Gasteiger partial charge is 0.191 e. The van der Waals surface area contributed by atoms with E-state index in [1.807, 2.05) is 18.2 Å². The normalized spacial score (nSPS) is 10.2. The second kappa shape index (κ2) is 5.02. The maximum absolute atomic E-state index is 8.77. The number of anilines is 2. The van der Waals surface area contributed by atoms with Gasteiger partial charge in [-0.05, 0) is 6.26 Å². The van der Waals surface area contributed by atoms with E-state index in [1.165, 1.54) is 11.8 Å². The Kier molecular flexibility index (Phi) is 3.97. The molecular weight excluding hydrogens is 200 g/mol. The number of aliphatic hydroxyl groups excluding tert-OH is 1. The van der Waals surface area contributed by atoms with Gasteiger partial charge in [-0.2, -0.15) is 0 Å². The lowest BCUT2D eigenvalue weighted by atomic mass is 10.5. The molecule has 78 valence electrons. The van der Waals surface area contributed by atoms with E-state index in [2.05, 4.69) is 9.97 Å². The molecule has 0 spiro atoms. The first-order valence-corrected chi connectivity index (χ1v) is 5.40. The van der Waals surface area contributed by atoms with Crippen molar-refractivity contribution < 1.29 is 5.11 Å². The summed E-state index contributed by atoms with van der Waals surface area (Å²) in [5, 5.41) is 9.42. The fourth-order valence-corrected chi connectivity index (χ4v) is 1.36. The highest BCUT2D eigenvalue weighted by Gasteiger charge is 2.05. The molecule has 0 aliphatic heterocycles. The number of likely N-dealkylation sites (N-methyl/N-ethyl adjacent to an activating group) is 1. The van der Waals surface area contributed by atoms with Crippen molar-refractivity contribution in [1.82, 2.24) is 9.97 Å². The average molecular weight is 214 g/mol. The predicted molar refractivity (Wildman–Crippen MR) is 58.6 cm³/mol. The average Bonchev–Trinajstić information content (AvgIpc) is 2.17. The number of rotatable bonds is 4. The first kappa shape index (κ1) is 11.1. The highest BCUT2D eigenvalue weighted by Crippen LogP contribution is 2.17. The standard InChI is InChI=1S/C8H14N4OS/c1-12(3-4-13)7-5-6(9)10-8(11-7)14-2/h5,13H,3-4H2,1-2H3,(H2,9,10,11). The molecule has 0 aliphatic rings. The maximum Gasteiger partial charge on any atom is 0.191 e. The molecule has 1 aromatic heterocycles. The van der Waals surface area contributed by atoms with Gasteiger partial charge in [0.15, 0.2) is 5.16 Å². The van der Waals surface area contributed by atoms with Crippen LogP contribution in [0.15, 0.2) is 11.2 Å². The van der Waals surface area contributed by atoms with Crippen molar-refractivity contribution >= 4 is 23.4 Å². The van der Waals surface area contributed by atoms with E-state index in [9.17, 15) is 0 Å². The maximum atomic E-state index is 8.77. The van der Waals surface area contributed by atoms with Gasteiger partial charge in [0.2, 0.25) is 0 Å². The third kappa shape index (κ3) is 2.74. The van der Waals surface area contributed by atoms with Crippen LogP contribution in [0.3, 0.4) is 0 Å². The van der Waals surface area contributed by atoms with Crippen LogP contribution in [0, 0.1) is 0 Å². The van der Waals surface area contributed by atoms with Crippen LogP contribution < -0.4 is 10.6 Å². The predicted octanol–water partition coefficient (Wildman–Crippen LogP) is 0.209. The molecule has 0 atom stereocenters. The Bertz CT molecular complexity index is 307. The zero-order chi connectivity index (χ0) is 10.6. The summed E-state index contributed by atoms with van der Waals surface area (Å²) in [6.45, 7) is 0.624. The topological polar surface area (TPSA) is 75.3 Å². The van der Waals surface area contributed by atoms with Crippen LogP contribution in [0.25, 0.3) is 0 Å². The summed E-state index contributed by atoms with van der Waals surface area (Å²) in [6, 6.07) is 1.69. The summed E-state index contributed by atoms with van der Waals surface area (Å²) in [5.41, 5.74) is 5.62. The molecule has 1 aromatic rings. The second-order valence-electron chi connectivity index (χ2n) is 2.78. The zero-order valence-corrected chi connectivity index (χ0v) is 9.08. The number of aromatic nitrogens is 2. The van der Waals surface area contributed by atoms with Crippen molar-refractivity contribution in [3.8, 4) is 0 Å². The van der Waals surface area contributed by atoms with Gasteiger partial charge in [-0.3, -0.25) is 0 Å². The number of nitrogens with zero attached hydrogens (tertiary/aromatic N) is 3. The van der Waals surface area contributed by atoms with Crippen molar-refractivity contribution in [2.75, 3.05) is 37.1 Å². The molecule has 0 saturated heterocycles. The molecule has 14 heavy (non-hydrogen) atoms. The first-order valence-electron chi connectivity index (χ1n) is 4.18. The summed E-state index contributed by atoms with van der Waals surface area (Å²) in [5.74, 6) is 1.18. The Labute approximate surface area is 87.3 Å². The lowest BCUT2D eigenvalue weighted by Crippen LogP contribution is -2.22. The van der Waals surface area contributed by atoms with Crippen molar-refractivity contribution in [2.45, 2.75) is 5.16 Å². The van der Waals surface area contributed by atoms with Crippen molar-refractivity contribution in [2.24, 2.45) is 0 Å². The zero-order valence-electron chi connectivity index (χ0n) is 8.27. The monoisotopic (exact) mass is 214 g/mol. The molecule has 0 bridgehead atoms. The summed E-state index contributed by atoms with van der Waals surface area (Å²) in [4.78, 5) is 10.1. The lowest BCUT2D eigenvalue weighted by Gasteiger charge is -2.17. The van der Waals surface area contributed by atoms with Crippen LogP contribution in [0.1, 0.15) is 0 Å². The number of nitrogens with two attached hydrogens (primary N) is 1. The van der Waals surface area contributed by atoms with E-state index < -0.39 is 0 Å².